The van der Waals surface area contributed by atoms with Crippen LogP contribution in [-0.4, -0.2) is 39.3 Å². The molecule has 4 nitrogen and oxygen atoms in total. The third kappa shape index (κ3) is 6.79. The molecular formula is C13H19ClF2N2O2. The number of nitrogens with one attached hydrogen (secondary N) is 2. The van der Waals surface area contributed by atoms with Gasteiger partial charge in [-0.15, -0.1) is 12.4 Å². The lowest BCUT2D eigenvalue weighted by Crippen LogP contribution is -2.34. The summed E-state index contributed by atoms with van der Waals surface area (Å²) in [5.74, 6) is -1.81. The topological polar surface area (TPSA) is 50.4 Å². The van der Waals surface area contributed by atoms with Crippen LogP contribution in [0.5, 0.6) is 0 Å². The highest BCUT2D eigenvalue weighted by molar-refractivity contribution is 5.85. The van der Waals surface area contributed by atoms with Gasteiger partial charge in [-0.25, -0.2) is 8.78 Å². The fraction of sp³-hybridized carbons (Fsp3) is 0.462. The molecule has 0 saturated heterocycles. The van der Waals surface area contributed by atoms with E-state index in [0.29, 0.717) is 26.2 Å². The number of carbonyl (C=O) groups is 1. The maximum absolute atomic E-state index is 13.3. The number of ether oxygens (including phenoxy) is 1. The number of methoxy groups -OCH3 is 1. The molecule has 0 bridgehead atoms. The van der Waals surface area contributed by atoms with Crippen molar-refractivity contribution in [3.8, 4) is 0 Å². The molecule has 1 amide bonds. The van der Waals surface area contributed by atoms with E-state index in [1.165, 1.54) is 6.07 Å². The van der Waals surface area contributed by atoms with Gasteiger partial charge in [0.15, 0.2) is 0 Å². The molecule has 0 aliphatic carbocycles. The fourth-order valence-corrected chi connectivity index (χ4v) is 1.51. The summed E-state index contributed by atoms with van der Waals surface area (Å²) in [7, 11) is 1.60. The van der Waals surface area contributed by atoms with E-state index in [2.05, 4.69) is 10.6 Å². The number of amides is 1. The van der Waals surface area contributed by atoms with Gasteiger partial charge in [-0.3, -0.25) is 4.79 Å². The summed E-state index contributed by atoms with van der Waals surface area (Å²) in [4.78, 5) is 11.5. The second-order valence-corrected chi connectivity index (χ2v) is 3.97. The summed E-state index contributed by atoms with van der Waals surface area (Å²) in [6, 6.07) is 3.54. The van der Waals surface area contributed by atoms with Crippen LogP contribution in [0.3, 0.4) is 0 Å². The quantitative estimate of drug-likeness (QED) is 0.711. The maximum Gasteiger partial charge on any atom is 0.224 e. The monoisotopic (exact) mass is 308 g/mol. The summed E-state index contributed by atoms with van der Waals surface area (Å²) in [5.41, 5.74) is -0.202. The summed E-state index contributed by atoms with van der Waals surface area (Å²) in [6.45, 7) is 2.26. The van der Waals surface area contributed by atoms with Crippen LogP contribution in [0.1, 0.15) is 5.56 Å². The van der Waals surface area contributed by atoms with Gasteiger partial charge in [0.05, 0.1) is 13.0 Å². The SMILES string of the molecule is COCCNCCNC(=O)Cc1c(F)cccc1F.Cl. The van der Waals surface area contributed by atoms with E-state index >= 15 is 0 Å². The first-order valence-electron chi connectivity index (χ1n) is 6.04. The average Bonchev–Trinajstić information content (AvgIpc) is 2.38. The standard InChI is InChI=1S/C13H18F2N2O2.ClH/c1-19-8-7-16-5-6-17-13(18)9-10-11(14)3-2-4-12(10)15;/h2-4,16H,5-9H2,1H3,(H,17,18);1H. The molecule has 0 radical (unpaired) electrons. The molecule has 0 aromatic heterocycles. The van der Waals surface area contributed by atoms with Crippen LogP contribution in [0.4, 0.5) is 8.78 Å². The minimum absolute atomic E-state index is 0. The summed E-state index contributed by atoms with van der Waals surface area (Å²) in [5, 5.41) is 5.63. The number of hydrogen-bond donors (Lipinski definition) is 2. The van der Waals surface area contributed by atoms with E-state index < -0.39 is 17.5 Å². The molecular weight excluding hydrogens is 290 g/mol. The van der Waals surface area contributed by atoms with Crippen molar-refractivity contribution in [1.29, 1.82) is 0 Å². The van der Waals surface area contributed by atoms with Gasteiger partial charge < -0.3 is 15.4 Å². The molecule has 0 saturated carbocycles. The first-order valence-corrected chi connectivity index (χ1v) is 6.04. The molecule has 1 aromatic rings. The Morgan fingerprint density at radius 2 is 1.85 bits per heavy atom. The predicted octanol–water partition coefficient (Wildman–Crippen LogP) is 1.28. The third-order valence-electron chi connectivity index (χ3n) is 2.51. The van der Waals surface area contributed by atoms with Crippen molar-refractivity contribution in [3.63, 3.8) is 0 Å². The van der Waals surface area contributed by atoms with E-state index in [1.807, 2.05) is 0 Å². The second kappa shape index (κ2) is 10.5. The van der Waals surface area contributed by atoms with Gasteiger partial charge in [-0.1, -0.05) is 6.07 Å². The molecule has 0 atom stereocenters. The van der Waals surface area contributed by atoms with Crippen molar-refractivity contribution >= 4 is 18.3 Å². The number of rotatable bonds is 8. The Kier molecular flexibility index (Phi) is 9.88. The minimum atomic E-state index is -0.701. The van der Waals surface area contributed by atoms with E-state index in [4.69, 9.17) is 4.74 Å². The molecule has 1 aromatic carbocycles. The van der Waals surface area contributed by atoms with Crippen LogP contribution in [0, 0.1) is 11.6 Å². The molecule has 0 aliphatic rings. The van der Waals surface area contributed by atoms with Crippen molar-refractivity contribution < 1.29 is 18.3 Å². The highest BCUT2D eigenvalue weighted by atomic mass is 35.5. The number of carbonyl (C=O) groups excluding carboxylic acids is 1. The molecule has 0 fully saturated rings. The molecule has 2 N–H and O–H groups in total. The van der Waals surface area contributed by atoms with Crippen LogP contribution in [0.25, 0.3) is 0 Å². The Bertz CT molecular complexity index is 399. The second-order valence-electron chi connectivity index (χ2n) is 3.97. The summed E-state index contributed by atoms with van der Waals surface area (Å²) in [6.07, 6.45) is -0.295. The van der Waals surface area contributed by atoms with Crippen LogP contribution >= 0.6 is 12.4 Å². The lowest BCUT2D eigenvalue weighted by Gasteiger charge is -2.07. The number of hydrogen-bond acceptors (Lipinski definition) is 3. The summed E-state index contributed by atoms with van der Waals surface area (Å²) < 4.78 is 31.4. The Morgan fingerprint density at radius 3 is 2.45 bits per heavy atom. The summed E-state index contributed by atoms with van der Waals surface area (Å²) >= 11 is 0. The number of benzene rings is 1. The van der Waals surface area contributed by atoms with Gasteiger partial charge in [-0.2, -0.15) is 0 Å². The highest BCUT2D eigenvalue weighted by Gasteiger charge is 2.12. The zero-order valence-corrected chi connectivity index (χ0v) is 12.1. The Hall–Kier alpha value is -1.24. The van der Waals surface area contributed by atoms with Gasteiger partial charge in [0.1, 0.15) is 11.6 Å². The van der Waals surface area contributed by atoms with Crippen molar-refractivity contribution in [2.45, 2.75) is 6.42 Å². The Labute approximate surface area is 123 Å². The van der Waals surface area contributed by atoms with Crippen molar-refractivity contribution in [1.82, 2.24) is 10.6 Å². The van der Waals surface area contributed by atoms with E-state index in [9.17, 15) is 13.6 Å². The highest BCUT2D eigenvalue weighted by Crippen LogP contribution is 2.12. The average molecular weight is 309 g/mol. The van der Waals surface area contributed by atoms with Crippen LogP contribution < -0.4 is 10.6 Å². The zero-order chi connectivity index (χ0) is 14.1. The molecule has 114 valence electrons. The van der Waals surface area contributed by atoms with E-state index in [0.717, 1.165) is 12.1 Å². The molecule has 0 aliphatic heterocycles. The smallest absolute Gasteiger partial charge is 0.224 e. The van der Waals surface area contributed by atoms with Gasteiger partial charge in [0, 0.05) is 32.3 Å². The largest absolute Gasteiger partial charge is 0.383 e. The Balaban J connectivity index is 0.00000361. The molecule has 0 heterocycles. The van der Waals surface area contributed by atoms with E-state index in [-0.39, 0.29) is 24.4 Å². The van der Waals surface area contributed by atoms with Gasteiger partial charge in [-0.05, 0) is 12.1 Å². The third-order valence-corrected chi connectivity index (χ3v) is 2.51. The molecule has 7 heteroatoms. The van der Waals surface area contributed by atoms with Crippen molar-refractivity contribution in [2.75, 3.05) is 33.4 Å². The van der Waals surface area contributed by atoms with Gasteiger partial charge in [0.25, 0.3) is 0 Å². The molecule has 20 heavy (non-hydrogen) atoms. The lowest BCUT2D eigenvalue weighted by molar-refractivity contribution is -0.120. The van der Waals surface area contributed by atoms with Crippen LogP contribution in [0.15, 0.2) is 18.2 Å². The van der Waals surface area contributed by atoms with Crippen LogP contribution in [0.2, 0.25) is 0 Å². The Morgan fingerprint density at radius 1 is 1.20 bits per heavy atom. The molecule has 0 unspecified atom stereocenters. The number of halogens is 3. The van der Waals surface area contributed by atoms with Crippen LogP contribution in [-0.2, 0) is 16.0 Å². The fourth-order valence-electron chi connectivity index (χ4n) is 1.51. The normalized spacial score (nSPS) is 9.95. The molecule has 0 spiro atoms. The predicted molar refractivity (Wildman–Crippen MR) is 75.1 cm³/mol. The maximum atomic E-state index is 13.3. The first kappa shape index (κ1) is 18.8. The van der Waals surface area contributed by atoms with Gasteiger partial charge >= 0.3 is 0 Å². The lowest BCUT2D eigenvalue weighted by atomic mass is 10.1. The molecule has 1 rings (SSSR count). The minimum Gasteiger partial charge on any atom is -0.383 e. The zero-order valence-electron chi connectivity index (χ0n) is 11.2. The van der Waals surface area contributed by atoms with Gasteiger partial charge in [0.2, 0.25) is 5.91 Å². The van der Waals surface area contributed by atoms with E-state index in [1.54, 1.807) is 7.11 Å². The van der Waals surface area contributed by atoms with Crippen molar-refractivity contribution in [2.24, 2.45) is 0 Å². The first-order chi connectivity index (χ1) is 9.15. The van der Waals surface area contributed by atoms with Crippen molar-refractivity contribution in [3.05, 3.63) is 35.4 Å².